The number of benzene rings is 2. The molecule has 1 aliphatic rings. The third kappa shape index (κ3) is 3.25. The van der Waals surface area contributed by atoms with Gasteiger partial charge in [0.25, 0.3) is 0 Å². The minimum Gasteiger partial charge on any atom is -0.438 e. The van der Waals surface area contributed by atoms with Crippen LogP contribution in [-0.2, 0) is 4.79 Å². The second kappa shape index (κ2) is 6.52. The van der Waals surface area contributed by atoms with Gasteiger partial charge in [0, 0.05) is 12.0 Å². The lowest BCUT2D eigenvalue weighted by molar-refractivity contribution is -0.140. The zero-order valence-corrected chi connectivity index (χ0v) is 16.5. The molecule has 0 spiro atoms. The van der Waals surface area contributed by atoms with Gasteiger partial charge in [0.1, 0.15) is 11.6 Å². The van der Waals surface area contributed by atoms with E-state index in [1.807, 2.05) is 37.8 Å². The zero-order chi connectivity index (χ0) is 19.2. The van der Waals surface area contributed by atoms with Gasteiger partial charge in [-0.25, -0.2) is 4.98 Å². The van der Waals surface area contributed by atoms with Crippen LogP contribution in [0.3, 0.4) is 0 Å². The maximum atomic E-state index is 12.8. The van der Waals surface area contributed by atoms with Crippen molar-refractivity contribution in [1.82, 2.24) is 9.88 Å². The molecule has 2 heterocycles. The molecule has 0 bridgehead atoms. The van der Waals surface area contributed by atoms with Gasteiger partial charge in [-0.1, -0.05) is 51.1 Å². The van der Waals surface area contributed by atoms with Gasteiger partial charge < -0.3 is 9.32 Å². The highest BCUT2D eigenvalue weighted by molar-refractivity contribution is 5.83. The van der Waals surface area contributed by atoms with E-state index in [2.05, 4.69) is 37.3 Å². The molecule has 4 rings (SSSR count). The largest absolute Gasteiger partial charge is 0.438 e. The van der Waals surface area contributed by atoms with Gasteiger partial charge in [0.05, 0.1) is 0 Å². The van der Waals surface area contributed by atoms with Crippen LogP contribution in [0.5, 0.6) is 0 Å². The molecule has 0 N–H and O–H groups in total. The van der Waals surface area contributed by atoms with E-state index in [-0.39, 0.29) is 11.9 Å². The van der Waals surface area contributed by atoms with Gasteiger partial charge in [0.15, 0.2) is 5.58 Å². The number of hydrogen-bond donors (Lipinski definition) is 0. The van der Waals surface area contributed by atoms with E-state index < -0.39 is 5.41 Å². The van der Waals surface area contributed by atoms with Crippen molar-refractivity contribution < 1.29 is 9.21 Å². The van der Waals surface area contributed by atoms with Crippen molar-refractivity contribution in [2.45, 2.75) is 46.6 Å². The van der Waals surface area contributed by atoms with E-state index >= 15 is 0 Å². The Kier molecular flexibility index (Phi) is 4.29. The Bertz CT molecular complexity index is 997. The number of oxazole rings is 1. The minimum absolute atomic E-state index is 0.0639. The van der Waals surface area contributed by atoms with Crippen molar-refractivity contribution in [2.24, 2.45) is 5.41 Å². The van der Waals surface area contributed by atoms with Crippen molar-refractivity contribution in [3.05, 3.63) is 53.9 Å². The fraction of sp³-hybridized carbons (Fsp3) is 0.391. The summed E-state index contributed by atoms with van der Waals surface area (Å²) in [4.78, 5) is 19.5. The predicted octanol–water partition coefficient (Wildman–Crippen LogP) is 5.51. The molecule has 3 aromatic rings. The van der Waals surface area contributed by atoms with Crippen LogP contribution in [0.4, 0.5) is 0 Å². The first-order valence-corrected chi connectivity index (χ1v) is 9.62. The quantitative estimate of drug-likeness (QED) is 0.603. The number of aryl methyl sites for hydroxylation is 1. The lowest BCUT2D eigenvalue weighted by atomic mass is 9.94. The predicted molar refractivity (Wildman–Crippen MR) is 107 cm³/mol. The maximum absolute atomic E-state index is 12.8. The Morgan fingerprint density at radius 3 is 2.70 bits per heavy atom. The molecule has 1 fully saturated rings. The Morgan fingerprint density at radius 1 is 1.19 bits per heavy atom. The van der Waals surface area contributed by atoms with Gasteiger partial charge in [-0.2, -0.15) is 0 Å². The van der Waals surface area contributed by atoms with E-state index in [0.717, 1.165) is 36.0 Å². The highest BCUT2D eigenvalue weighted by atomic mass is 16.3. The summed E-state index contributed by atoms with van der Waals surface area (Å²) in [6, 6.07) is 14.4. The Balaban J connectivity index is 1.70. The van der Waals surface area contributed by atoms with Crippen LogP contribution < -0.4 is 0 Å². The summed E-state index contributed by atoms with van der Waals surface area (Å²) < 4.78 is 6.06. The fourth-order valence-corrected chi connectivity index (χ4v) is 3.85. The molecule has 1 aromatic heterocycles. The van der Waals surface area contributed by atoms with Crippen LogP contribution >= 0.6 is 0 Å². The van der Waals surface area contributed by atoms with Crippen LogP contribution in [0.25, 0.3) is 22.2 Å². The molecule has 27 heavy (non-hydrogen) atoms. The van der Waals surface area contributed by atoms with E-state index in [1.165, 1.54) is 11.1 Å². The highest BCUT2D eigenvalue weighted by Crippen LogP contribution is 2.37. The van der Waals surface area contributed by atoms with Crippen molar-refractivity contribution in [3.63, 3.8) is 0 Å². The highest BCUT2D eigenvalue weighted by Gasteiger charge is 2.38. The molecule has 1 amide bonds. The van der Waals surface area contributed by atoms with Crippen LogP contribution in [0.1, 0.15) is 51.1 Å². The van der Waals surface area contributed by atoms with Gasteiger partial charge in [-0.05, 0) is 48.6 Å². The Hall–Kier alpha value is -2.62. The molecule has 4 nitrogen and oxygen atoms in total. The van der Waals surface area contributed by atoms with E-state index in [0.29, 0.717) is 5.89 Å². The van der Waals surface area contributed by atoms with Crippen molar-refractivity contribution in [2.75, 3.05) is 6.54 Å². The summed E-state index contributed by atoms with van der Waals surface area (Å²) in [6.07, 6.45) is 1.89. The van der Waals surface area contributed by atoms with Crippen LogP contribution in [0.2, 0.25) is 0 Å². The summed E-state index contributed by atoms with van der Waals surface area (Å²) in [6.45, 7) is 8.78. The molecule has 1 aliphatic heterocycles. The van der Waals surface area contributed by atoms with Gasteiger partial charge >= 0.3 is 0 Å². The zero-order valence-electron chi connectivity index (χ0n) is 16.5. The standard InChI is InChI=1S/C23H26N2O2/c1-15-8-5-6-9-17(15)16-11-12-20-18(14-16)24-21(27-20)19-10-7-13-25(19)22(26)23(2,3)4/h5-6,8-9,11-12,14,19H,7,10,13H2,1-4H3. The third-order valence-electron chi connectivity index (χ3n) is 5.30. The number of likely N-dealkylation sites (tertiary alicyclic amines) is 1. The summed E-state index contributed by atoms with van der Waals surface area (Å²) in [5.41, 5.74) is 4.80. The smallest absolute Gasteiger partial charge is 0.228 e. The molecular formula is C23H26N2O2. The molecule has 1 saturated heterocycles. The van der Waals surface area contributed by atoms with Crippen molar-refractivity contribution >= 4 is 17.0 Å². The number of carbonyl (C=O) groups is 1. The number of carbonyl (C=O) groups excluding carboxylic acids is 1. The summed E-state index contributed by atoms with van der Waals surface area (Å²) in [7, 11) is 0. The summed E-state index contributed by atoms with van der Waals surface area (Å²) in [5, 5.41) is 0. The van der Waals surface area contributed by atoms with Gasteiger partial charge in [-0.15, -0.1) is 0 Å². The Labute approximate surface area is 160 Å². The van der Waals surface area contributed by atoms with Gasteiger partial charge in [-0.3, -0.25) is 4.79 Å². The van der Waals surface area contributed by atoms with Crippen LogP contribution in [0, 0.1) is 12.3 Å². The van der Waals surface area contributed by atoms with Crippen molar-refractivity contribution in [3.8, 4) is 11.1 Å². The molecule has 4 heteroatoms. The first kappa shape index (κ1) is 17.8. The molecule has 1 unspecified atom stereocenters. The van der Waals surface area contributed by atoms with Crippen LogP contribution in [0.15, 0.2) is 46.9 Å². The van der Waals surface area contributed by atoms with Gasteiger partial charge in [0.2, 0.25) is 11.8 Å². The Morgan fingerprint density at radius 2 is 1.96 bits per heavy atom. The average Bonchev–Trinajstić information content (AvgIpc) is 3.26. The number of hydrogen-bond acceptors (Lipinski definition) is 3. The van der Waals surface area contributed by atoms with E-state index in [9.17, 15) is 4.79 Å². The molecule has 0 radical (unpaired) electrons. The number of aromatic nitrogens is 1. The maximum Gasteiger partial charge on any atom is 0.228 e. The van der Waals surface area contributed by atoms with Crippen LogP contribution in [-0.4, -0.2) is 22.3 Å². The molecule has 0 saturated carbocycles. The first-order chi connectivity index (χ1) is 12.8. The fourth-order valence-electron chi connectivity index (χ4n) is 3.85. The lowest BCUT2D eigenvalue weighted by Gasteiger charge is -2.29. The molecule has 140 valence electrons. The van der Waals surface area contributed by atoms with Crippen molar-refractivity contribution in [1.29, 1.82) is 0 Å². The average molecular weight is 362 g/mol. The van der Waals surface area contributed by atoms with E-state index in [1.54, 1.807) is 0 Å². The normalized spacial score (nSPS) is 17.6. The third-order valence-corrected chi connectivity index (χ3v) is 5.30. The minimum atomic E-state index is -0.396. The molecule has 2 aromatic carbocycles. The SMILES string of the molecule is Cc1ccccc1-c1ccc2oc(C3CCCN3C(=O)C(C)(C)C)nc2c1. The molecule has 1 atom stereocenters. The monoisotopic (exact) mass is 362 g/mol. The second-order valence-electron chi connectivity index (χ2n) is 8.46. The summed E-state index contributed by atoms with van der Waals surface area (Å²) in [5.74, 6) is 0.815. The first-order valence-electron chi connectivity index (χ1n) is 9.62. The number of rotatable bonds is 2. The summed E-state index contributed by atoms with van der Waals surface area (Å²) >= 11 is 0. The number of nitrogens with zero attached hydrogens (tertiary/aromatic N) is 2. The molecule has 0 aliphatic carbocycles. The topological polar surface area (TPSA) is 46.3 Å². The van der Waals surface area contributed by atoms with E-state index in [4.69, 9.17) is 9.40 Å². The second-order valence-corrected chi connectivity index (χ2v) is 8.46. The number of fused-ring (bicyclic) bond motifs is 1. The molecular weight excluding hydrogens is 336 g/mol. The lowest BCUT2D eigenvalue weighted by Crippen LogP contribution is -2.39. The number of amides is 1.